The van der Waals surface area contributed by atoms with Crippen LogP contribution in [0.15, 0.2) is 41.3 Å². The first kappa shape index (κ1) is 27.5. The van der Waals surface area contributed by atoms with E-state index in [1.807, 2.05) is 0 Å². The van der Waals surface area contributed by atoms with Crippen LogP contribution >= 0.6 is 11.3 Å². The Hall–Kier alpha value is -3.09. The van der Waals surface area contributed by atoms with Crippen molar-refractivity contribution in [3.63, 3.8) is 0 Å². The molecule has 1 aliphatic heterocycles. The number of nitrogens with zero attached hydrogens (tertiary/aromatic N) is 3. The van der Waals surface area contributed by atoms with E-state index in [9.17, 15) is 23.1 Å². The molecule has 2 fully saturated rings. The number of carboxylic acid groups (broad SMARTS) is 1. The molecule has 2 aliphatic rings. The van der Waals surface area contributed by atoms with Gasteiger partial charge in [-0.05, 0) is 48.9 Å². The van der Waals surface area contributed by atoms with Gasteiger partial charge in [0.25, 0.3) is 0 Å². The molecule has 2 N–H and O–H groups in total. The molecule has 1 unspecified atom stereocenters. The number of anilines is 1. The predicted octanol–water partition coefficient (Wildman–Crippen LogP) is 4.49. The highest BCUT2D eigenvalue weighted by atomic mass is 32.2. The first-order valence-corrected chi connectivity index (χ1v) is 15.5. The Morgan fingerprint density at radius 1 is 1.10 bits per heavy atom. The third-order valence-corrected chi connectivity index (χ3v) is 10.4. The molecular formula is C27H32N4O6S2. The largest absolute Gasteiger partial charge is 0.481 e. The molecule has 0 radical (unpaired) electrons. The van der Waals surface area contributed by atoms with Crippen LogP contribution in [0.5, 0.6) is 5.88 Å². The number of pyridine rings is 1. The smallest absolute Gasteiger partial charge is 0.307 e. The van der Waals surface area contributed by atoms with Crippen LogP contribution in [0.4, 0.5) is 5.13 Å². The molecule has 12 heteroatoms. The average Bonchev–Trinajstić information content (AvgIpc) is 3.60. The van der Waals surface area contributed by atoms with Crippen molar-refractivity contribution in [2.24, 2.45) is 11.8 Å². The minimum Gasteiger partial charge on any atom is -0.481 e. The zero-order valence-corrected chi connectivity index (χ0v) is 23.3. The van der Waals surface area contributed by atoms with E-state index in [-0.39, 0.29) is 17.3 Å². The third kappa shape index (κ3) is 6.07. The Morgan fingerprint density at radius 3 is 2.54 bits per heavy atom. The number of nitrogens with one attached hydrogen (secondary N) is 1. The van der Waals surface area contributed by atoms with Gasteiger partial charge < -0.3 is 15.2 Å². The lowest BCUT2D eigenvalue weighted by Gasteiger charge is -2.30. The number of hydrogen-bond acceptors (Lipinski definition) is 8. The van der Waals surface area contributed by atoms with Crippen LogP contribution in [0.1, 0.15) is 56.4 Å². The quantitative estimate of drug-likeness (QED) is 0.383. The number of carbonyl (C=O) groups is 2. The van der Waals surface area contributed by atoms with Crippen LogP contribution in [0, 0.1) is 11.8 Å². The summed E-state index contributed by atoms with van der Waals surface area (Å²) >= 11 is 1.27. The highest BCUT2D eigenvalue weighted by Gasteiger charge is 2.34. The maximum absolute atomic E-state index is 13.6. The van der Waals surface area contributed by atoms with Crippen molar-refractivity contribution in [1.29, 1.82) is 0 Å². The van der Waals surface area contributed by atoms with Gasteiger partial charge in [0, 0.05) is 19.2 Å². The second kappa shape index (κ2) is 11.6. The molecule has 208 valence electrons. The SMILES string of the molecule is COc1ccc2nc(NC(=O)[C@H](CC3CCCC3)c3ccc(S(=O)(=O)N4CCCC(C(=O)O)C4)cc3)sc2n1. The number of fused-ring (bicyclic) bond motifs is 1. The molecule has 0 spiro atoms. The summed E-state index contributed by atoms with van der Waals surface area (Å²) < 4.78 is 32.9. The van der Waals surface area contributed by atoms with Gasteiger partial charge in [0.1, 0.15) is 10.3 Å². The Kier molecular flexibility index (Phi) is 8.15. The molecule has 1 amide bonds. The zero-order chi connectivity index (χ0) is 27.6. The molecule has 2 atom stereocenters. The van der Waals surface area contributed by atoms with Crippen LogP contribution in [0.25, 0.3) is 10.3 Å². The monoisotopic (exact) mass is 572 g/mol. The molecule has 1 saturated carbocycles. The van der Waals surface area contributed by atoms with Gasteiger partial charge in [0.15, 0.2) is 5.13 Å². The fraction of sp³-hybridized carbons (Fsp3) is 0.481. The summed E-state index contributed by atoms with van der Waals surface area (Å²) in [4.78, 5) is 34.6. The second-order valence-corrected chi connectivity index (χ2v) is 13.1. The topological polar surface area (TPSA) is 139 Å². The Morgan fingerprint density at radius 2 is 1.85 bits per heavy atom. The number of benzene rings is 1. The number of aliphatic carboxylic acids is 1. The highest BCUT2D eigenvalue weighted by molar-refractivity contribution is 7.89. The van der Waals surface area contributed by atoms with Crippen LogP contribution < -0.4 is 10.1 Å². The van der Waals surface area contributed by atoms with Crippen LogP contribution in [0.2, 0.25) is 0 Å². The van der Waals surface area contributed by atoms with Crippen molar-refractivity contribution < 1.29 is 27.9 Å². The summed E-state index contributed by atoms with van der Waals surface area (Å²) in [7, 11) is -2.30. The second-order valence-electron chi connectivity index (χ2n) is 10.2. The molecule has 10 nitrogen and oxygen atoms in total. The van der Waals surface area contributed by atoms with Gasteiger partial charge in [-0.1, -0.05) is 49.2 Å². The van der Waals surface area contributed by atoms with Crippen molar-refractivity contribution in [1.82, 2.24) is 14.3 Å². The summed E-state index contributed by atoms with van der Waals surface area (Å²) in [5.74, 6) is -1.44. The molecule has 3 heterocycles. The highest BCUT2D eigenvalue weighted by Crippen LogP contribution is 2.36. The van der Waals surface area contributed by atoms with Crippen LogP contribution in [-0.4, -0.2) is 59.9 Å². The van der Waals surface area contributed by atoms with E-state index in [1.165, 1.54) is 27.8 Å². The third-order valence-electron chi connectivity index (χ3n) is 7.68. The number of piperidine rings is 1. The fourth-order valence-corrected chi connectivity index (χ4v) is 7.87. The number of ether oxygens (including phenoxy) is 1. The summed E-state index contributed by atoms with van der Waals surface area (Å²) in [6.45, 7) is 0.262. The number of sulfonamides is 1. The minimum absolute atomic E-state index is 0.0327. The maximum atomic E-state index is 13.6. The molecule has 39 heavy (non-hydrogen) atoms. The average molecular weight is 573 g/mol. The van der Waals surface area contributed by atoms with Gasteiger partial charge in [0.05, 0.1) is 23.8 Å². The Labute approximate surface area is 231 Å². The number of carboxylic acids is 1. The first-order chi connectivity index (χ1) is 18.7. The summed E-state index contributed by atoms with van der Waals surface area (Å²) in [5, 5.41) is 12.8. The molecule has 1 saturated heterocycles. The van der Waals surface area contributed by atoms with Crippen molar-refractivity contribution in [3.05, 3.63) is 42.0 Å². The number of thiazole rings is 1. The molecule has 3 aromatic rings. The van der Waals surface area contributed by atoms with Crippen LogP contribution in [0.3, 0.4) is 0 Å². The molecular weight excluding hydrogens is 540 g/mol. The van der Waals surface area contributed by atoms with Gasteiger partial charge in [-0.3, -0.25) is 9.59 Å². The van der Waals surface area contributed by atoms with E-state index in [0.717, 1.165) is 31.2 Å². The van der Waals surface area contributed by atoms with Gasteiger partial charge in [-0.25, -0.2) is 18.4 Å². The number of amides is 1. The number of aromatic nitrogens is 2. The van der Waals surface area contributed by atoms with Crippen molar-refractivity contribution in [3.8, 4) is 5.88 Å². The van der Waals surface area contributed by atoms with E-state index >= 15 is 0 Å². The van der Waals surface area contributed by atoms with Gasteiger partial charge in [0.2, 0.25) is 21.8 Å². The van der Waals surface area contributed by atoms with E-state index < -0.39 is 27.8 Å². The number of methoxy groups -OCH3 is 1. The molecule has 1 aromatic carbocycles. The first-order valence-electron chi connectivity index (χ1n) is 13.2. The van der Waals surface area contributed by atoms with Crippen molar-refractivity contribution in [2.45, 2.75) is 55.8 Å². The molecule has 0 bridgehead atoms. The lowest BCUT2D eigenvalue weighted by molar-refractivity contribution is -0.142. The Bertz CT molecular complexity index is 1450. The summed E-state index contributed by atoms with van der Waals surface area (Å²) in [5.41, 5.74) is 1.40. The van der Waals surface area contributed by atoms with E-state index in [2.05, 4.69) is 15.3 Å². The van der Waals surface area contributed by atoms with Gasteiger partial charge >= 0.3 is 5.97 Å². The molecule has 2 aromatic heterocycles. The number of rotatable bonds is 9. The van der Waals surface area contributed by atoms with Gasteiger partial charge in [-0.15, -0.1) is 0 Å². The lowest BCUT2D eigenvalue weighted by atomic mass is 9.87. The predicted molar refractivity (Wildman–Crippen MR) is 147 cm³/mol. The zero-order valence-electron chi connectivity index (χ0n) is 21.7. The molecule has 5 rings (SSSR count). The van der Waals surface area contributed by atoms with E-state index in [4.69, 9.17) is 4.74 Å². The lowest BCUT2D eigenvalue weighted by Crippen LogP contribution is -2.42. The van der Waals surface area contributed by atoms with Crippen LogP contribution in [-0.2, 0) is 19.6 Å². The standard InChI is InChI=1S/C27H32N4O6S2/c1-37-23-13-12-22-25(29-23)38-27(28-22)30-24(32)21(15-17-5-2-3-6-17)18-8-10-20(11-9-18)39(35,36)31-14-4-7-19(16-31)26(33)34/h8-13,17,19,21H,2-7,14-16H2,1H3,(H,33,34)(H,28,30,32)/t19?,21-/m1/s1. The minimum atomic E-state index is -3.84. The van der Waals surface area contributed by atoms with E-state index in [0.29, 0.717) is 53.1 Å². The van der Waals surface area contributed by atoms with E-state index in [1.54, 1.807) is 31.4 Å². The normalized spacial score (nSPS) is 19.7. The summed E-state index contributed by atoms with van der Waals surface area (Å²) in [6.07, 6.45) is 6.08. The van der Waals surface area contributed by atoms with Crippen molar-refractivity contribution >= 4 is 48.7 Å². The Balaban J connectivity index is 1.36. The number of carbonyl (C=O) groups excluding carboxylic acids is 1. The summed E-state index contributed by atoms with van der Waals surface area (Å²) in [6, 6.07) is 9.97. The molecule has 1 aliphatic carbocycles. The number of hydrogen-bond donors (Lipinski definition) is 2. The van der Waals surface area contributed by atoms with Crippen molar-refractivity contribution in [2.75, 3.05) is 25.5 Å². The fourth-order valence-electron chi connectivity index (χ4n) is 5.52. The van der Waals surface area contributed by atoms with Gasteiger partial charge in [-0.2, -0.15) is 4.31 Å². The maximum Gasteiger partial charge on any atom is 0.307 e.